The monoisotopic (exact) mass is 280 g/mol. The molecule has 0 unspecified atom stereocenters. The summed E-state index contributed by atoms with van der Waals surface area (Å²) in [5.74, 6) is 5.80. The molecule has 0 aliphatic carbocycles. The molecule has 0 saturated heterocycles. The molecule has 6 heteroatoms. The molecular weight excluding hydrogens is 256 g/mol. The minimum absolute atomic E-state index is 0.0357. The summed E-state index contributed by atoms with van der Waals surface area (Å²) < 4.78 is 5.50. The molecule has 0 bridgehead atoms. The summed E-state index contributed by atoms with van der Waals surface area (Å²) in [7, 11) is 1.71. The molecule has 0 fully saturated rings. The lowest BCUT2D eigenvalue weighted by molar-refractivity contribution is 0.139. The number of hydrogen-bond donors (Lipinski definition) is 3. The summed E-state index contributed by atoms with van der Waals surface area (Å²) in [6.07, 6.45) is 0.935. The first kappa shape index (κ1) is 16.4. The van der Waals surface area contributed by atoms with Crippen molar-refractivity contribution in [3.05, 3.63) is 34.8 Å². The van der Waals surface area contributed by atoms with Crippen molar-refractivity contribution < 1.29 is 9.84 Å². The van der Waals surface area contributed by atoms with Crippen LogP contribution in [0.3, 0.4) is 0 Å². The Bertz CT molecular complexity index is 472. The third-order valence-corrected chi connectivity index (χ3v) is 2.97. The minimum atomic E-state index is -0.0357. The van der Waals surface area contributed by atoms with Gasteiger partial charge in [0.1, 0.15) is 0 Å². The summed E-state index contributed by atoms with van der Waals surface area (Å²) in [6, 6.07) is 3.59. The molecule has 20 heavy (non-hydrogen) atoms. The molecule has 0 saturated carbocycles. The molecular formula is C14H24N4O2. The van der Waals surface area contributed by atoms with Gasteiger partial charge in [-0.25, -0.2) is 5.84 Å². The van der Waals surface area contributed by atoms with Gasteiger partial charge in [0, 0.05) is 19.3 Å². The number of aromatic nitrogens is 1. The van der Waals surface area contributed by atoms with E-state index < -0.39 is 0 Å². The summed E-state index contributed by atoms with van der Waals surface area (Å²) >= 11 is 0. The number of hydrazine groups is 1. The highest BCUT2D eigenvalue weighted by Crippen LogP contribution is 2.15. The fourth-order valence-corrected chi connectivity index (χ4v) is 1.74. The van der Waals surface area contributed by atoms with Gasteiger partial charge in [-0.05, 0) is 25.0 Å². The fraction of sp³-hybridized carbons (Fsp3) is 0.500. The molecule has 0 aliphatic rings. The van der Waals surface area contributed by atoms with E-state index in [0.29, 0.717) is 30.3 Å². The van der Waals surface area contributed by atoms with Crippen molar-refractivity contribution >= 4 is 5.70 Å². The third-order valence-electron chi connectivity index (χ3n) is 2.97. The second-order valence-corrected chi connectivity index (χ2v) is 4.62. The van der Waals surface area contributed by atoms with Crippen molar-refractivity contribution in [2.24, 2.45) is 11.6 Å². The number of aliphatic hydroxyl groups excluding tert-OH is 1. The zero-order chi connectivity index (χ0) is 15.1. The van der Waals surface area contributed by atoms with Gasteiger partial charge in [0.15, 0.2) is 0 Å². The smallest absolute Gasteiger partial charge is 0.0900 e. The van der Waals surface area contributed by atoms with Crippen molar-refractivity contribution in [1.29, 1.82) is 0 Å². The molecule has 0 aromatic carbocycles. The van der Waals surface area contributed by atoms with Crippen LogP contribution in [0.2, 0.25) is 0 Å². The lowest BCUT2D eigenvalue weighted by Crippen LogP contribution is -2.30. The SMILES string of the molecule is CCCOC/C(=C(/N)c1ccc(CO)c(C)n1)N(C)N. The average Bonchev–Trinajstić information content (AvgIpc) is 2.42. The molecule has 1 aromatic rings. The zero-order valence-corrected chi connectivity index (χ0v) is 12.4. The van der Waals surface area contributed by atoms with Crippen LogP contribution >= 0.6 is 0 Å². The van der Waals surface area contributed by atoms with Gasteiger partial charge in [0.25, 0.3) is 0 Å². The van der Waals surface area contributed by atoms with Crippen LogP contribution in [0.5, 0.6) is 0 Å². The van der Waals surface area contributed by atoms with Crippen molar-refractivity contribution in [2.45, 2.75) is 26.9 Å². The number of pyridine rings is 1. The van der Waals surface area contributed by atoms with E-state index in [-0.39, 0.29) is 6.61 Å². The van der Waals surface area contributed by atoms with Crippen LogP contribution in [-0.4, -0.2) is 35.4 Å². The molecule has 0 aliphatic heterocycles. The Kier molecular flexibility index (Phi) is 6.44. The Morgan fingerprint density at radius 3 is 2.65 bits per heavy atom. The lowest BCUT2D eigenvalue weighted by Gasteiger charge is -2.20. The summed E-state index contributed by atoms with van der Waals surface area (Å²) in [5.41, 5.74) is 9.47. The van der Waals surface area contributed by atoms with Gasteiger partial charge in [0.2, 0.25) is 0 Å². The first-order valence-corrected chi connectivity index (χ1v) is 6.63. The number of nitrogens with two attached hydrogens (primary N) is 2. The molecule has 6 nitrogen and oxygen atoms in total. The number of aliphatic hydroxyl groups is 1. The van der Waals surface area contributed by atoms with Crippen LogP contribution in [0.15, 0.2) is 17.8 Å². The second-order valence-electron chi connectivity index (χ2n) is 4.62. The quantitative estimate of drug-likeness (QED) is 0.387. The van der Waals surface area contributed by atoms with E-state index in [4.69, 9.17) is 21.4 Å². The summed E-state index contributed by atoms with van der Waals surface area (Å²) in [4.78, 5) is 4.39. The number of likely N-dealkylation sites (N-methyl/N-ethyl adjacent to an activating group) is 1. The molecule has 1 rings (SSSR count). The molecule has 1 heterocycles. The van der Waals surface area contributed by atoms with E-state index in [0.717, 1.165) is 17.7 Å². The van der Waals surface area contributed by atoms with Gasteiger partial charge >= 0.3 is 0 Å². The highest BCUT2D eigenvalue weighted by molar-refractivity contribution is 5.63. The molecule has 1 aromatic heterocycles. The predicted octanol–water partition coefficient (Wildman–Crippen LogP) is 0.742. The number of hydrogen-bond acceptors (Lipinski definition) is 6. The summed E-state index contributed by atoms with van der Waals surface area (Å²) in [5, 5.41) is 10.6. The van der Waals surface area contributed by atoms with Crippen molar-refractivity contribution in [3.8, 4) is 0 Å². The fourth-order valence-electron chi connectivity index (χ4n) is 1.74. The van der Waals surface area contributed by atoms with Gasteiger partial charge in [-0.3, -0.25) is 4.98 Å². The summed E-state index contributed by atoms with van der Waals surface area (Å²) in [6.45, 7) is 4.83. The molecule has 0 atom stereocenters. The number of aryl methyl sites for hydroxylation is 1. The molecule has 0 amide bonds. The largest absolute Gasteiger partial charge is 0.395 e. The van der Waals surface area contributed by atoms with Crippen LogP contribution < -0.4 is 11.6 Å². The molecule has 0 spiro atoms. The van der Waals surface area contributed by atoms with Crippen LogP contribution in [-0.2, 0) is 11.3 Å². The average molecular weight is 280 g/mol. The van der Waals surface area contributed by atoms with E-state index in [9.17, 15) is 0 Å². The Balaban J connectivity index is 3.04. The Morgan fingerprint density at radius 1 is 1.45 bits per heavy atom. The molecule has 112 valence electrons. The van der Waals surface area contributed by atoms with Crippen molar-refractivity contribution in [1.82, 2.24) is 9.99 Å². The van der Waals surface area contributed by atoms with Gasteiger partial charge in [-0.1, -0.05) is 13.0 Å². The minimum Gasteiger partial charge on any atom is -0.395 e. The zero-order valence-electron chi connectivity index (χ0n) is 12.4. The van der Waals surface area contributed by atoms with E-state index in [1.165, 1.54) is 5.01 Å². The first-order valence-electron chi connectivity index (χ1n) is 6.63. The molecule has 0 radical (unpaired) electrons. The van der Waals surface area contributed by atoms with E-state index in [1.54, 1.807) is 13.1 Å². The van der Waals surface area contributed by atoms with Gasteiger partial charge in [0.05, 0.1) is 30.3 Å². The Hall–Kier alpha value is -1.63. The van der Waals surface area contributed by atoms with Gasteiger partial charge in [-0.2, -0.15) is 0 Å². The Labute approximate surface area is 120 Å². The maximum Gasteiger partial charge on any atom is 0.0900 e. The maximum absolute atomic E-state index is 9.16. The second kappa shape index (κ2) is 7.84. The van der Waals surface area contributed by atoms with E-state index in [2.05, 4.69) is 4.98 Å². The van der Waals surface area contributed by atoms with Crippen LogP contribution in [0.1, 0.15) is 30.3 Å². The third kappa shape index (κ3) is 4.19. The maximum atomic E-state index is 9.16. The highest BCUT2D eigenvalue weighted by atomic mass is 16.5. The predicted molar refractivity (Wildman–Crippen MR) is 79.1 cm³/mol. The van der Waals surface area contributed by atoms with Crippen molar-refractivity contribution in [3.63, 3.8) is 0 Å². The Morgan fingerprint density at radius 2 is 2.15 bits per heavy atom. The van der Waals surface area contributed by atoms with E-state index >= 15 is 0 Å². The van der Waals surface area contributed by atoms with E-state index in [1.807, 2.05) is 19.9 Å². The first-order chi connectivity index (χ1) is 9.51. The van der Waals surface area contributed by atoms with Crippen LogP contribution in [0.25, 0.3) is 5.70 Å². The lowest BCUT2D eigenvalue weighted by atomic mass is 10.1. The van der Waals surface area contributed by atoms with Gasteiger partial charge in [-0.15, -0.1) is 0 Å². The van der Waals surface area contributed by atoms with Crippen LogP contribution in [0.4, 0.5) is 0 Å². The van der Waals surface area contributed by atoms with Crippen molar-refractivity contribution in [2.75, 3.05) is 20.3 Å². The number of ether oxygens (including phenoxy) is 1. The normalized spacial score (nSPS) is 12.2. The number of nitrogens with zero attached hydrogens (tertiary/aromatic N) is 2. The highest BCUT2D eigenvalue weighted by Gasteiger charge is 2.11. The molecule has 5 N–H and O–H groups in total. The standard InChI is InChI=1S/C14H24N4O2/c1-4-7-20-9-13(18(3)16)14(15)12-6-5-11(8-19)10(2)17-12/h5-6,19H,4,7-9,15-16H2,1-3H3/b14-13-. The van der Waals surface area contributed by atoms with Crippen LogP contribution in [0, 0.1) is 6.92 Å². The van der Waals surface area contributed by atoms with Gasteiger partial charge < -0.3 is 20.6 Å². The topological polar surface area (TPSA) is 97.6 Å². The number of rotatable bonds is 7.